The van der Waals surface area contributed by atoms with Gasteiger partial charge in [0.2, 0.25) is 0 Å². The molecule has 1 aliphatic rings. The summed E-state index contributed by atoms with van der Waals surface area (Å²) in [6.07, 6.45) is 1.45. The zero-order valence-corrected chi connectivity index (χ0v) is 16.4. The van der Waals surface area contributed by atoms with E-state index in [0.717, 1.165) is 10.5 Å². The quantitative estimate of drug-likeness (QED) is 0.227. The number of aryl methyl sites for hydroxylation is 1. The van der Waals surface area contributed by atoms with Crippen molar-refractivity contribution >= 4 is 29.0 Å². The van der Waals surface area contributed by atoms with Gasteiger partial charge in [0.1, 0.15) is 17.6 Å². The highest BCUT2D eigenvalue weighted by Crippen LogP contribution is 2.44. The van der Waals surface area contributed by atoms with Crippen molar-refractivity contribution in [2.24, 2.45) is 0 Å². The van der Waals surface area contributed by atoms with Gasteiger partial charge in [0, 0.05) is 17.8 Å². The molecule has 0 unspecified atom stereocenters. The van der Waals surface area contributed by atoms with Crippen molar-refractivity contribution in [2.45, 2.75) is 13.0 Å². The molecule has 2 aromatic carbocycles. The molecular formula is C23H17N3O5. The molecule has 1 atom stereocenters. The number of ketones is 1. The van der Waals surface area contributed by atoms with Crippen LogP contribution in [0.2, 0.25) is 0 Å². The second-order valence-corrected chi connectivity index (χ2v) is 7.04. The Hall–Kier alpha value is -4.33. The lowest BCUT2D eigenvalue weighted by Crippen LogP contribution is -2.30. The van der Waals surface area contributed by atoms with Crippen molar-refractivity contribution in [3.8, 4) is 0 Å². The number of nitro groups is 1. The fourth-order valence-corrected chi connectivity index (χ4v) is 3.61. The highest BCUT2D eigenvalue weighted by Gasteiger charge is 2.49. The summed E-state index contributed by atoms with van der Waals surface area (Å²) in [6.45, 7) is 1.87. The van der Waals surface area contributed by atoms with Crippen LogP contribution in [0, 0.1) is 17.0 Å². The van der Waals surface area contributed by atoms with E-state index in [2.05, 4.69) is 4.98 Å². The minimum absolute atomic E-state index is 0.103. The summed E-state index contributed by atoms with van der Waals surface area (Å²) in [7, 11) is 0. The maximum Gasteiger partial charge on any atom is 0.301 e. The number of para-hydroxylation sites is 1. The number of aliphatic hydroxyl groups is 1. The fraction of sp³-hybridized carbons (Fsp3) is 0.0870. The first-order valence-electron chi connectivity index (χ1n) is 9.42. The molecule has 1 N–H and O–H groups in total. The van der Waals surface area contributed by atoms with Gasteiger partial charge in [-0.2, -0.15) is 0 Å². The van der Waals surface area contributed by atoms with Crippen LogP contribution in [0.25, 0.3) is 5.76 Å². The molecule has 0 spiro atoms. The summed E-state index contributed by atoms with van der Waals surface area (Å²) in [5.74, 6) is -2.11. The first kappa shape index (κ1) is 20.0. The number of aliphatic hydroxyl groups excluding tert-OH is 1. The monoisotopic (exact) mass is 415 g/mol. The zero-order chi connectivity index (χ0) is 22.1. The predicted octanol–water partition coefficient (Wildman–Crippen LogP) is 3.92. The number of carbonyl (C=O) groups excluding carboxylic acids is 2. The lowest BCUT2D eigenvalue weighted by molar-refractivity contribution is -0.385. The smallest absolute Gasteiger partial charge is 0.301 e. The largest absolute Gasteiger partial charge is 0.507 e. The third kappa shape index (κ3) is 3.44. The number of benzene rings is 2. The number of nitrogens with zero attached hydrogens (tertiary/aromatic N) is 3. The molecule has 2 heterocycles. The summed E-state index contributed by atoms with van der Waals surface area (Å²) < 4.78 is 0. The molecule has 8 nitrogen and oxygen atoms in total. The second-order valence-electron chi connectivity index (χ2n) is 7.04. The molecule has 1 amide bonds. The summed E-state index contributed by atoms with van der Waals surface area (Å²) in [6, 6.07) is 16.2. The van der Waals surface area contributed by atoms with Crippen molar-refractivity contribution in [1.29, 1.82) is 0 Å². The number of rotatable bonds is 4. The first-order valence-corrected chi connectivity index (χ1v) is 9.42. The number of anilines is 1. The number of nitro benzene ring substituents is 1. The van der Waals surface area contributed by atoms with E-state index in [0.29, 0.717) is 5.56 Å². The Labute approximate surface area is 177 Å². The third-order valence-corrected chi connectivity index (χ3v) is 5.09. The van der Waals surface area contributed by atoms with Crippen molar-refractivity contribution in [3.63, 3.8) is 0 Å². The van der Waals surface area contributed by atoms with Crippen LogP contribution in [-0.4, -0.2) is 26.7 Å². The molecule has 0 radical (unpaired) electrons. The zero-order valence-electron chi connectivity index (χ0n) is 16.4. The molecule has 154 valence electrons. The standard InChI is InChI=1S/C23H17N3O5/c1-14-9-11-15(12-10-14)21(27)19-20(16-6-2-3-7-17(16)26(30)31)25(23(29)22(19)28)18-8-4-5-13-24-18/h2-13,20,27H,1H3/t20-/m0/s1. The Kier molecular flexibility index (Phi) is 5.04. The van der Waals surface area contributed by atoms with E-state index in [9.17, 15) is 24.8 Å². The van der Waals surface area contributed by atoms with Crippen LogP contribution in [0.3, 0.4) is 0 Å². The molecule has 0 bridgehead atoms. The molecule has 0 saturated carbocycles. The van der Waals surface area contributed by atoms with Gasteiger partial charge in [0.25, 0.3) is 11.5 Å². The van der Waals surface area contributed by atoms with Crippen LogP contribution < -0.4 is 4.90 Å². The van der Waals surface area contributed by atoms with Gasteiger partial charge in [-0.3, -0.25) is 24.6 Å². The average molecular weight is 415 g/mol. The van der Waals surface area contributed by atoms with Gasteiger partial charge in [-0.25, -0.2) is 4.98 Å². The third-order valence-electron chi connectivity index (χ3n) is 5.09. The van der Waals surface area contributed by atoms with Gasteiger partial charge < -0.3 is 5.11 Å². The fourth-order valence-electron chi connectivity index (χ4n) is 3.61. The highest BCUT2D eigenvalue weighted by molar-refractivity contribution is 6.51. The van der Waals surface area contributed by atoms with E-state index in [-0.39, 0.29) is 22.6 Å². The SMILES string of the molecule is Cc1ccc(C(O)=C2C(=O)C(=O)N(c3ccccn3)[C@H]2c2ccccc2[N+](=O)[O-])cc1. The molecule has 0 aliphatic carbocycles. The molecule has 31 heavy (non-hydrogen) atoms. The Morgan fingerprint density at radius 3 is 2.35 bits per heavy atom. The average Bonchev–Trinajstić information content (AvgIpc) is 3.05. The van der Waals surface area contributed by atoms with Crippen LogP contribution in [0.5, 0.6) is 0 Å². The van der Waals surface area contributed by atoms with E-state index in [1.807, 2.05) is 6.92 Å². The maximum absolute atomic E-state index is 13.0. The van der Waals surface area contributed by atoms with Gasteiger partial charge >= 0.3 is 5.91 Å². The number of amides is 1. The van der Waals surface area contributed by atoms with Crippen molar-refractivity contribution in [3.05, 3.63) is 105 Å². The Morgan fingerprint density at radius 1 is 1.03 bits per heavy atom. The Bertz CT molecular complexity index is 1220. The van der Waals surface area contributed by atoms with E-state index >= 15 is 0 Å². The minimum atomic E-state index is -1.21. The lowest BCUT2D eigenvalue weighted by atomic mass is 9.94. The summed E-state index contributed by atoms with van der Waals surface area (Å²) >= 11 is 0. The topological polar surface area (TPSA) is 114 Å². The van der Waals surface area contributed by atoms with E-state index < -0.39 is 28.4 Å². The molecule has 1 aromatic heterocycles. The van der Waals surface area contributed by atoms with Crippen LogP contribution in [0.15, 0.2) is 78.5 Å². The molecule has 1 aliphatic heterocycles. The number of pyridine rings is 1. The summed E-state index contributed by atoms with van der Waals surface area (Å²) in [5, 5.41) is 22.7. The first-order chi connectivity index (χ1) is 14.9. The lowest BCUT2D eigenvalue weighted by Gasteiger charge is -2.24. The second kappa shape index (κ2) is 7.83. The number of carbonyl (C=O) groups is 2. The number of hydrogen-bond acceptors (Lipinski definition) is 6. The minimum Gasteiger partial charge on any atom is -0.507 e. The van der Waals surface area contributed by atoms with E-state index in [1.54, 1.807) is 42.5 Å². The van der Waals surface area contributed by atoms with Crippen LogP contribution >= 0.6 is 0 Å². The number of hydrogen-bond donors (Lipinski definition) is 1. The predicted molar refractivity (Wildman–Crippen MR) is 113 cm³/mol. The highest BCUT2D eigenvalue weighted by atomic mass is 16.6. The molecular weight excluding hydrogens is 398 g/mol. The van der Waals surface area contributed by atoms with E-state index in [1.165, 1.54) is 30.5 Å². The Balaban J connectivity index is 2.01. The number of aromatic nitrogens is 1. The molecule has 8 heteroatoms. The van der Waals surface area contributed by atoms with Gasteiger partial charge in [-0.05, 0) is 25.1 Å². The molecule has 3 aromatic rings. The molecule has 1 saturated heterocycles. The molecule has 4 rings (SSSR count). The summed E-state index contributed by atoms with van der Waals surface area (Å²) in [5.41, 5.74) is 0.874. The molecule has 1 fully saturated rings. The van der Waals surface area contributed by atoms with Gasteiger partial charge in [0.05, 0.1) is 16.1 Å². The van der Waals surface area contributed by atoms with Crippen molar-refractivity contribution in [1.82, 2.24) is 4.98 Å². The van der Waals surface area contributed by atoms with Crippen molar-refractivity contribution < 1.29 is 19.6 Å². The van der Waals surface area contributed by atoms with Crippen LogP contribution in [0.1, 0.15) is 22.7 Å². The van der Waals surface area contributed by atoms with Gasteiger partial charge in [0.15, 0.2) is 0 Å². The number of Topliss-reactive ketones (excluding diaryl/α,β-unsaturated/α-hetero) is 1. The van der Waals surface area contributed by atoms with Crippen LogP contribution in [0.4, 0.5) is 11.5 Å². The normalized spacial score (nSPS) is 17.7. The van der Waals surface area contributed by atoms with Crippen molar-refractivity contribution in [2.75, 3.05) is 4.90 Å². The van der Waals surface area contributed by atoms with Gasteiger partial charge in [-0.15, -0.1) is 0 Å². The maximum atomic E-state index is 13.0. The van der Waals surface area contributed by atoms with Gasteiger partial charge in [-0.1, -0.05) is 48.0 Å². The summed E-state index contributed by atoms with van der Waals surface area (Å²) in [4.78, 5) is 42.4. The Morgan fingerprint density at radius 2 is 1.71 bits per heavy atom. The van der Waals surface area contributed by atoms with Crippen LogP contribution in [-0.2, 0) is 9.59 Å². The van der Waals surface area contributed by atoms with E-state index in [4.69, 9.17) is 0 Å².